The highest BCUT2D eigenvalue weighted by molar-refractivity contribution is 5.89. The van der Waals surface area contributed by atoms with Gasteiger partial charge in [-0.1, -0.05) is 28.9 Å². The number of hydrogen-bond donors (Lipinski definition) is 0. The quantitative estimate of drug-likeness (QED) is 0.410. The molecule has 3 aromatic rings. The summed E-state index contributed by atoms with van der Waals surface area (Å²) < 4.78 is 12.3. The molecule has 0 atom stereocenters. The highest BCUT2D eigenvalue weighted by atomic mass is 16.5. The van der Waals surface area contributed by atoms with E-state index in [0.717, 1.165) is 33.8 Å². The first-order valence-electron chi connectivity index (χ1n) is 10.4. The van der Waals surface area contributed by atoms with Crippen molar-refractivity contribution in [2.75, 3.05) is 13.7 Å². The molecule has 0 fully saturated rings. The second-order valence-corrected chi connectivity index (χ2v) is 8.08. The van der Waals surface area contributed by atoms with E-state index in [0.29, 0.717) is 12.4 Å². The average molecular weight is 436 g/mol. The summed E-state index contributed by atoms with van der Waals surface area (Å²) in [5, 5.41) is 4.05. The van der Waals surface area contributed by atoms with E-state index in [1.165, 1.54) is 11.6 Å². The minimum atomic E-state index is -0.569. The number of aryl methyl sites for hydroxylation is 4. The van der Waals surface area contributed by atoms with Crippen LogP contribution in [0.5, 0.6) is 0 Å². The molecule has 2 aromatic heterocycles. The van der Waals surface area contributed by atoms with Crippen molar-refractivity contribution >= 4 is 18.0 Å². The van der Waals surface area contributed by atoms with Gasteiger partial charge >= 0.3 is 5.97 Å². The number of rotatable bonds is 7. The number of likely N-dealkylation sites (N-methyl/N-ethyl adjacent to an activating group) is 1. The van der Waals surface area contributed by atoms with Gasteiger partial charge in [0.1, 0.15) is 5.76 Å². The molecule has 0 N–H and O–H groups in total. The number of ether oxygens (including phenoxy) is 1. The molecule has 3 rings (SSSR count). The maximum atomic E-state index is 12.4. The molecule has 0 unspecified atom stereocenters. The minimum absolute atomic E-state index is 0.258. The maximum Gasteiger partial charge on any atom is 0.331 e. The molecular weight excluding hydrogens is 406 g/mol. The van der Waals surface area contributed by atoms with Gasteiger partial charge in [0.25, 0.3) is 5.91 Å². The number of benzene rings is 1. The summed E-state index contributed by atoms with van der Waals surface area (Å²) in [6.45, 7) is 9.94. The highest BCUT2D eigenvalue weighted by Gasteiger charge is 2.14. The van der Waals surface area contributed by atoms with Crippen LogP contribution in [0.4, 0.5) is 0 Å². The summed E-state index contributed by atoms with van der Waals surface area (Å²) in [7, 11) is 1.70. The molecule has 168 valence electrons. The maximum absolute atomic E-state index is 12.4. The van der Waals surface area contributed by atoms with Crippen LogP contribution in [0.15, 0.2) is 40.9 Å². The zero-order valence-corrected chi connectivity index (χ0v) is 19.4. The summed E-state index contributed by atoms with van der Waals surface area (Å²) in [5.41, 5.74) is 6.12. The molecule has 0 spiro atoms. The Balaban J connectivity index is 1.57. The lowest BCUT2D eigenvalue weighted by atomic mass is 10.1. The summed E-state index contributed by atoms with van der Waals surface area (Å²) in [6, 6.07) is 9.92. The third kappa shape index (κ3) is 5.35. The lowest BCUT2D eigenvalue weighted by Crippen LogP contribution is -2.30. The second-order valence-electron chi connectivity index (χ2n) is 8.08. The topological polar surface area (TPSA) is 77.6 Å². The van der Waals surface area contributed by atoms with Gasteiger partial charge in [0.05, 0.1) is 0 Å². The Morgan fingerprint density at radius 2 is 1.88 bits per heavy atom. The van der Waals surface area contributed by atoms with Crippen LogP contribution in [0.3, 0.4) is 0 Å². The number of carbonyl (C=O) groups excluding carboxylic acids is 2. The monoisotopic (exact) mass is 435 g/mol. The third-order valence-corrected chi connectivity index (χ3v) is 5.38. The van der Waals surface area contributed by atoms with Crippen molar-refractivity contribution in [3.8, 4) is 5.82 Å². The van der Waals surface area contributed by atoms with E-state index >= 15 is 0 Å². The number of carbonyl (C=O) groups is 2. The second kappa shape index (κ2) is 9.68. The number of esters is 1. The van der Waals surface area contributed by atoms with Gasteiger partial charge in [-0.2, -0.15) is 0 Å². The molecule has 2 heterocycles. The van der Waals surface area contributed by atoms with E-state index in [1.54, 1.807) is 18.0 Å². The third-order valence-electron chi connectivity index (χ3n) is 5.38. The average Bonchev–Trinajstić information content (AvgIpc) is 3.28. The van der Waals surface area contributed by atoms with Crippen molar-refractivity contribution in [3.05, 3.63) is 75.8 Å². The summed E-state index contributed by atoms with van der Waals surface area (Å²) in [6.07, 6.45) is 3.01. The fraction of sp³-hybridized carbons (Fsp3) is 0.320. The van der Waals surface area contributed by atoms with Gasteiger partial charge in [-0.25, -0.2) is 4.79 Å². The fourth-order valence-electron chi connectivity index (χ4n) is 3.58. The smallest absolute Gasteiger partial charge is 0.331 e. The number of nitrogens with zero attached hydrogens (tertiary/aromatic N) is 3. The van der Waals surface area contributed by atoms with Crippen molar-refractivity contribution < 1.29 is 18.8 Å². The van der Waals surface area contributed by atoms with E-state index < -0.39 is 5.97 Å². The highest BCUT2D eigenvalue weighted by Crippen LogP contribution is 2.21. The van der Waals surface area contributed by atoms with Crippen LogP contribution >= 0.6 is 0 Å². The molecule has 7 heteroatoms. The Labute approximate surface area is 188 Å². The normalized spacial score (nSPS) is 11.2. The molecule has 0 saturated carbocycles. The predicted octanol–water partition coefficient (Wildman–Crippen LogP) is 4.22. The minimum Gasteiger partial charge on any atom is -0.452 e. The first-order chi connectivity index (χ1) is 15.2. The zero-order chi connectivity index (χ0) is 23.4. The first-order valence-corrected chi connectivity index (χ1v) is 10.4. The van der Waals surface area contributed by atoms with Crippen molar-refractivity contribution in [2.24, 2.45) is 0 Å². The Bertz CT molecular complexity index is 1170. The molecular formula is C25H29N3O4. The van der Waals surface area contributed by atoms with E-state index in [1.807, 2.05) is 63.5 Å². The summed E-state index contributed by atoms with van der Waals surface area (Å²) in [5.74, 6) is 0.587. The molecule has 0 bridgehead atoms. The predicted molar refractivity (Wildman–Crippen MR) is 122 cm³/mol. The van der Waals surface area contributed by atoms with E-state index in [-0.39, 0.29) is 12.5 Å². The lowest BCUT2D eigenvalue weighted by Gasteiger charge is -2.18. The Hall–Kier alpha value is -3.61. The van der Waals surface area contributed by atoms with E-state index in [2.05, 4.69) is 11.2 Å². The molecule has 0 aliphatic carbocycles. The Kier molecular flexibility index (Phi) is 6.98. The molecule has 32 heavy (non-hydrogen) atoms. The van der Waals surface area contributed by atoms with Crippen LogP contribution in [-0.2, 0) is 20.9 Å². The van der Waals surface area contributed by atoms with E-state index in [4.69, 9.17) is 9.26 Å². The molecule has 0 aliphatic heterocycles. The van der Waals surface area contributed by atoms with Crippen molar-refractivity contribution in [2.45, 2.75) is 41.2 Å². The number of hydrogen-bond acceptors (Lipinski definition) is 5. The molecule has 0 saturated heterocycles. The Morgan fingerprint density at radius 1 is 1.12 bits per heavy atom. The SMILES string of the molecule is Cc1ccc(CN(C)C(=O)COC(=O)/C=C/c2cc(C)n(-c3cc(C)on3)c2C)c(C)c1. The van der Waals surface area contributed by atoms with Crippen molar-refractivity contribution in [3.63, 3.8) is 0 Å². The molecule has 1 amide bonds. The summed E-state index contributed by atoms with van der Waals surface area (Å²) >= 11 is 0. The van der Waals surface area contributed by atoms with Crippen LogP contribution in [0.25, 0.3) is 11.9 Å². The van der Waals surface area contributed by atoms with Crippen molar-refractivity contribution in [1.29, 1.82) is 0 Å². The van der Waals surface area contributed by atoms with Crippen LogP contribution in [0.2, 0.25) is 0 Å². The molecule has 0 radical (unpaired) electrons. The molecule has 1 aromatic carbocycles. The number of amides is 1. The van der Waals surface area contributed by atoms with Gasteiger partial charge < -0.3 is 14.2 Å². The lowest BCUT2D eigenvalue weighted by molar-refractivity contribution is -0.147. The van der Waals surface area contributed by atoms with Gasteiger partial charge in [0.2, 0.25) is 0 Å². The number of aromatic nitrogens is 2. The van der Waals surface area contributed by atoms with Gasteiger partial charge in [-0.3, -0.25) is 9.36 Å². The fourth-order valence-corrected chi connectivity index (χ4v) is 3.58. The van der Waals surface area contributed by atoms with Gasteiger partial charge in [-0.05, 0) is 63.5 Å². The van der Waals surface area contributed by atoms with Gasteiger partial charge in [0.15, 0.2) is 12.4 Å². The molecule has 7 nitrogen and oxygen atoms in total. The van der Waals surface area contributed by atoms with Crippen LogP contribution in [-0.4, -0.2) is 40.2 Å². The largest absolute Gasteiger partial charge is 0.452 e. The van der Waals surface area contributed by atoms with Gasteiger partial charge in [-0.15, -0.1) is 0 Å². The van der Waals surface area contributed by atoms with Crippen molar-refractivity contribution in [1.82, 2.24) is 14.6 Å². The zero-order valence-electron chi connectivity index (χ0n) is 19.4. The van der Waals surface area contributed by atoms with E-state index in [9.17, 15) is 9.59 Å². The molecule has 0 aliphatic rings. The van der Waals surface area contributed by atoms with Crippen LogP contribution < -0.4 is 0 Å². The first kappa shape index (κ1) is 23.1. The van der Waals surface area contributed by atoms with Gasteiger partial charge in [0, 0.05) is 37.1 Å². The van der Waals surface area contributed by atoms with Crippen LogP contribution in [0.1, 0.15) is 39.4 Å². The van der Waals surface area contributed by atoms with Crippen LogP contribution in [0, 0.1) is 34.6 Å². The standard InChI is InChI=1S/C25H29N3O4/c1-16-7-8-22(17(2)11-16)14-27(6)24(29)15-31-25(30)10-9-21-12-18(3)28(20(21)5)23-13-19(4)32-26-23/h7-13H,14-15H2,1-6H3/b10-9+. The summed E-state index contributed by atoms with van der Waals surface area (Å²) in [4.78, 5) is 26.1. The Morgan fingerprint density at radius 3 is 2.53 bits per heavy atom.